The Hall–Kier alpha value is -3.82. The topological polar surface area (TPSA) is 53.0 Å². The lowest BCUT2D eigenvalue weighted by atomic mass is 9.79. The molecule has 0 N–H and O–H groups in total. The van der Waals surface area contributed by atoms with Gasteiger partial charge in [0, 0.05) is 67.5 Å². The average molecular weight is 461 g/mol. The van der Waals surface area contributed by atoms with Crippen LogP contribution in [0.15, 0.2) is 60.9 Å². The van der Waals surface area contributed by atoms with E-state index in [0.717, 1.165) is 48.0 Å². The zero-order chi connectivity index (χ0) is 23.7. The molecule has 174 valence electrons. The first-order valence-corrected chi connectivity index (χ1v) is 12.3. The third-order valence-electron chi connectivity index (χ3n) is 8.07. The van der Waals surface area contributed by atoms with Crippen molar-refractivity contribution in [2.24, 2.45) is 5.41 Å². The van der Waals surface area contributed by atoms with Crippen LogP contribution >= 0.6 is 0 Å². The lowest BCUT2D eigenvalue weighted by Crippen LogP contribution is -2.55. The van der Waals surface area contributed by atoms with Crippen LogP contribution < -0.4 is 4.90 Å². The van der Waals surface area contributed by atoms with Crippen LogP contribution in [0.5, 0.6) is 0 Å². The van der Waals surface area contributed by atoms with Crippen LogP contribution in [0, 0.1) is 23.7 Å². The SMILES string of the molecule is Cc1cnc2n1-c1ccc(N3CCC4(CN(C)C4)C3)cc1Cn1cc(-c3ccc(C#N)cc3)cc1-2. The van der Waals surface area contributed by atoms with E-state index in [1.807, 2.05) is 30.5 Å². The second-order valence-electron chi connectivity index (χ2n) is 10.6. The van der Waals surface area contributed by atoms with Crippen LogP contribution in [0.25, 0.3) is 28.3 Å². The summed E-state index contributed by atoms with van der Waals surface area (Å²) in [4.78, 5) is 9.83. The van der Waals surface area contributed by atoms with Gasteiger partial charge in [-0.1, -0.05) is 12.1 Å². The number of likely N-dealkylation sites (tertiary alicyclic amines) is 1. The zero-order valence-corrected chi connectivity index (χ0v) is 20.2. The molecule has 0 unspecified atom stereocenters. The summed E-state index contributed by atoms with van der Waals surface area (Å²) in [6.45, 7) is 7.67. The number of nitriles is 1. The molecule has 0 aliphatic carbocycles. The highest BCUT2D eigenvalue weighted by Crippen LogP contribution is 2.42. The lowest BCUT2D eigenvalue weighted by Gasteiger charge is -2.46. The highest BCUT2D eigenvalue weighted by molar-refractivity contribution is 5.73. The summed E-state index contributed by atoms with van der Waals surface area (Å²) in [7, 11) is 2.22. The third kappa shape index (κ3) is 3.15. The molecular formula is C29H28N6. The Morgan fingerprint density at radius 3 is 2.60 bits per heavy atom. The van der Waals surface area contributed by atoms with Crippen LogP contribution in [-0.4, -0.2) is 52.2 Å². The van der Waals surface area contributed by atoms with Crippen molar-refractivity contribution in [2.75, 3.05) is 38.1 Å². The Labute approximate surface area is 205 Å². The largest absolute Gasteiger partial charge is 0.371 e. The van der Waals surface area contributed by atoms with Crippen molar-refractivity contribution in [1.29, 1.82) is 5.26 Å². The molecule has 2 aromatic heterocycles. The fourth-order valence-electron chi connectivity index (χ4n) is 6.46. The minimum Gasteiger partial charge on any atom is -0.371 e. The van der Waals surface area contributed by atoms with Crippen molar-refractivity contribution in [3.05, 3.63) is 77.7 Å². The number of anilines is 1. The molecule has 2 saturated heterocycles. The maximum absolute atomic E-state index is 9.16. The van der Waals surface area contributed by atoms with E-state index in [9.17, 15) is 0 Å². The maximum Gasteiger partial charge on any atom is 0.161 e. The van der Waals surface area contributed by atoms with E-state index >= 15 is 0 Å². The van der Waals surface area contributed by atoms with Gasteiger partial charge in [0.25, 0.3) is 0 Å². The predicted molar refractivity (Wildman–Crippen MR) is 138 cm³/mol. The Morgan fingerprint density at radius 2 is 1.83 bits per heavy atom. The second kappa shape index (κ2) is 7.34. The van der Waals surface area contributed by atoms with Crippen LogP contribution in [0.3, 0.4) is 0 Å². The van der Waals surface area contributed by atoms with E-state index in [2.05, 4.69) is 69.4 Å². The highest BCUT2D eigenvalue weighted by Gasteiger charge is 2.46. The van der Waals surface area contributed by atoms with Gasteiger partial charge in [0.15, 0.2) is 5.82 Å². The standard InChI is InChI=1S/C29H28N6/c1-20-14-31-28-27-12-23(22-5-3-21(13-30)4-6-22)15-34(27)16-24-11-25(7-8-26(24)35(20)28)33-10-9-29(19-33)17-32(2)18-29/h3-8,11-12,14-15H,9-10,16-19H2,1-2H3. The molecule has 0 amide bonds. The first-order chi connectivity index (χ1) is 17.0. The van der Waals surface area contributed by atoms with E-state index in [0.29, 0.717) is 11.0 Å². The monoisotopic (exact) mass is 460 g/mol. The number of hydrogen-bond acceptors (Lipinski definition) is 4. The van der Waals surface area contributed by atoms with E-state index < -0.39 is 0 Å². The van der Waals surface area contributed by atoms with Crippen molar-refractivity contribution >= 4 is 5.69 Å². The molecule has 0 atom stereocenters. The zero-order valence-electron chi connectivity index (χ0n) is 20.2. The number of nitrogens with zero attached hydrogens (tertiary/aromatic N) is 6. The molecule has 35 heavy (non-hydrogen) atoms. The molecule has 2 fully saturated rings. The molecule has 2 aromatic carbocycles. The van der Waals surface area contributed by atoms with Gasteiger partial charge in [0.05, 0.1) is 23.0 Å². The predicted octanol–water partition coefficient (Wildman–Crippen LogP) is 4.69. The van der Waals surface area contributed by atoms with Crippen LogP contribution in [0.2, 0.25) is 0 Å². The quantitative estimate of drug-likeness (QED) is 0.384. The molecule has 4 aromatic rings. The number of rotatable bonds is 2. The highest BCUT2D eigenvalue weighted by atomic mass is 15.3. The number of hydrogen-bond donors (Lipinski definition) is 0. The molecule has 6 heteroatoms. The van der Waals surface area contributed by atoms with Crippen molar-refractivity contribution in [1.82, 2.24) is 19.0 Å². The van der Waals surface area contributed by atoms with Crippen LogP contribution in [0.1, 0.15) is 23.2 Å². The fraction of sp³-hybridized carbons (Fsp3) is 0.310. The minimum atomic E-state index is 0.485. The van der Waals surface area contributed by atoms with Gasteiger partial charge in [-0.25, -0.2) is 4.98 Å². The molecule has 0 radical (unpaired) electrons. The molecule has 3 aliphatic rings. The van der Waals surface area contributed by atoms with E-state index in [1.165, 1.54) is 36.4 Å². The van der Waals surface area contributed by atoms with Gasteiger partial charge in [-0.05, 0) is 67.9 Å². The summed E-state index contributed by atoms with van der Waals surface area (Å²) >= 11 is 0. The Balaban J connectivity index is 1.29. The van der Waals surface area contributed by atoms with Gasteiger partial charge >= 0.3 is 0 Å². The van der Waals surface area contributed by atoms with Gasteiger partial charge in [-0.3, -0.25) is 4.57 Å². The maximum atomic E-state index is 9.16. The fourth-order valence-corrected chi connectivity index (χ4v) is 6.46. The molecule has 0 bridgehead atoms. The van der Waals surface area contributed by atoms with Crippen molar-refractivity contribution in [2.45, 2.75) is 19.9 Å². The number of aryl methyl sites for hydroxylation is 1. The van der Waals surface area contributed by atoms with Gasteiger partial charge < -0.3 is 14.4 Å². The number of benzene rings is 2. The smallest absolute Gasteiger partial charge is 0.161 e. The molecule has 7 rings (SSSR count). The Kier molecular flexibility index (Phi) is 4.31. The summed E-state index contributed by atoms with van der Waals surface area (Å²) in [5, 5.41) is 9.16. The van der Waals surface area contributed by atoms with E-state index in [4.69, 9.17) is 10.2 Å². The van der Waals surface area contributed by atoms with Crippen molar-refractivity contribution in [3.8, 4) is 34.4 Å². The van der Waals surface area contributed by atoms with Crippen molar-refractivity contribution in [3.63, 3.8) is 0 Å². The van der Waals surface area contributed by atoms with Crippen LogP contribution in [-0.2, 0) is 6.54 Å². The Bertz CT molecular complexity index is 1490. The number of fused-ring (bicyclic) bond motifs is 5. The molecule has 0 saturated carbocycles. The second-order valence-corrected chi connectivity index (χ2v) is 10.6. The van der Waals surface area contributed by atoms with Crippen molar-refractivity contribution < 1.29 is 0 Å². The summed E-state index contributed by atoms with van der Waals surface area (Å²) in [6.07, 6.45) is 5.48. The molecular weight excluding hydrogens is 432 g/mol. The summed E-state index contributed by atoms with van der Waals surface area (Å²) in [5.74, 6) is 0.978. The van der Waals surface area contributed by atoms with Crippen LogP contribution in [0.4, 0.5) is 5.69 Å². The van der Waals surface area contributed by atoms with Gasteiger partial charge in [-0.15, -0.1) is 0 Å². The summed E-state index contributed by atoms with van der Waals surface area (Å²) < 4.78 is 4.63. The number of aromatic nitrogens is 3. The third-order valence-corrected chi connectivity index (χ3v) is 8.07. The van der Waals surface area contributed by atoms with Gasteiger partial charge in [-0.2, -0.15) is 5.26 Å². The normalized spacial score (nSPS) is 17.9. The first kappa shape index (κ1) is 20.5. The number of imidazole rings is 1. The lowest BCUT2D eigenvalue weighted by molar-refractivity contribution is 0.0424. The molecule has 6 nitrogen and oxygen atoms in total. The van der Waals surface area contributed by atoms with Gasteiger partial charge in [0.2, 0.25) is 0 Å². The molecule has 1 spiro atoms. The van der Waals surface area contributed by atoms with E-state index in [1.54, 1.807) is 0 Å². The summed E-state index contributed by atoms with van der Waals surface area (Å²) in [5.41, 5.74) is 9.55. The molecule has 5 heterocycles. The first-order valence-electron chi connectivity index (χ1n) is 12.3. The molecule has 3 aliphatic heterocycles. The van der Waals surface area contributed by atoms with Gasteiger partial charge in [0.1, 0.15) is 0 Å². The average Bonchev–Trinajstić information content (AvgIpc) is 3.55. The Morgan fingerprint density at radius 1 is 1.00 bits per heavy atom. The minimum absolute atomic E-state index is 0.485. The van der Waals surface area contributed by atoms with E-state index in [-0.39, 0.29) is 0 Å². The summed E-state index contributed by atoms with van der Waals surface area (Å²) in [6, 6.07) is 19.2.